The van der Waals surface area contributed by atoms with E-state index in [1.165, 1.54) is 24.1 Å². The highest BCUT2D eigenvalue weighted by Gasteiger charge is 2.36. The second-order valence-electron chi connectivity index (χ2n) is 8.81. The summed E-state index contributed by atoms with van der Waals surface area (Å²) >= 11 is 0. The Kier molecular flexibility index (Phi) is 6.73. The Bertz CT molecular complexity index is 687. The van der Waals surface area contributed by atoms with Crippen molar-refractivity contribution in [3.05, 3.63) is 29.8 Å². The number of nitrogens with zero attached hydrogens (tertiary/aromatic N) is 4. The number of fused-ring (bicyclic) bond motifs is 1. The molecule has 0 unspecified atom stereocenters. The second-order valence-corrected chi connectivity index (χ2v) is 8.81. The highest BCUT2D eigenvalue weighted by atomic mass is 16.5. The molecule has 0 spiro atoms. The minimum atomic E-state index is 0.284. The van der Waals surface area contributed by atoms with Gasteiger partial charge in [-0.15, -0.1) is 0 Å². The fourth-order valence-corrected chi connectivity index (χ4v) is 5.02. The van der Waals surface area contributed by atoms with E-state index in [9.17, 15) is 4.79 Å². The summed E-state index contributed by atoms with van der Waals surface area (Å²) in [6, 6.07) is 9.60. The molecule has 2 atom stereocenters. The normalized spacial score (nSPS) is 26.4. The van der Waals surface area contributed by atoms with E-state index >= 15 is 0 Å². The largest absolute Gasteiger partial charge is 0.378 e. The van der Waals surface area contributed by atoms with Crippen molar-refractivity contribution in [1.29, 1.82) is 0 Å². The lowest BCUT2D eigenvalue weighted by molar-refractivity contribution is -0.141. The Balaban J connectivity index is 1.25. The highest BCUT2D eigenvalue weighted by Crippen LogP contribution is 2.22. The lowest BCUT2D eigenvalue weighted by Gasteiger charge is -2.48. The number of morpholine rings is 1. The van der Waals surface area contributed by atoms with Gasteiger partial charge in [-0.25, -0.2) is 0 Å². The van der Waals surface area contributed by atoms with Crippen molar-refractivity contribution in [3.63, 3.8) is 0 Å². The van der Waals surface area contributed by atoms with E-state index in [4.69, 9.17) is 4.74 Å². The molecular weight excluding hydrogens is 364 g/mol. The average Bonchev–Trinajstić information content (AvgIpc) is 2.74. The maximum atomic E-state index is 13.0. The van der Waals surface area contributed by atoms with Crippen LogP contribution in [0.1, 0.15) is 25.3 Å². The lowest BCUT2D eigenvalue weighted by Crippen LogP contribution is -2.63. The van der Waals surface area contributed by atoms with Crippen LogP contribution in [0.3, 0.4) is 0 Å². The van der Waals surface area contributed by atoms with Crippen molar-refractivity contribution in [2.24, 2.45) is 0 Å². The van der Waals surface area contributed by atoms with E-state index < -0.39 is 0 Å². The van der Waals surface area contributed by atoms with E-state index in [1.807, 2.05) is 0 Å². The highest BCUT2D eigenvalue weighted by molar-refractivity contribution is 5.78. The van der Waals surface area contributed by atoms with E-state index in [2.05, 4.69) is 57.7 Å². The van der Waals surface area contributed by atoms with E-state index in [0.717, 1.165) is 59.0 Å². The molecule has 3 aliphatic rings. The first-order valence-electron chi connectivity index (χ1n) is 11.3. The smallest absolute Gasteiger partial charge is 0.236 e. The molecule has 1 aromatic carbocycles. The molecule has 0 saturated carbocycles. The van der Waals surface area contributed by atoms with E-state index in [-0.39, 0.29) is 5.91 Å². The number of benzene rings is 1. The summed E-state index contributed by atoms with van der Waals surface area (Å²) in [6.45, 7) is 13.1. The second kappa shape index (κ2) is 9.45. The fraction of sp³-hybridized carbons (Fsp3) is 0.696. The molecule has 6 nitrogen and oxygen atoms in total. The number of ether oxygens (including phenoxy) is 1. The molecule has 4 rings (SSSR count). The minimum Gasteiger partial charge on any atom is -0.378 e. The van der Waals surface area contributed by atoms with E-state index in [1.54, 1.807) is 0 Å². The minimum absolute atomic E-state index is 0.284. The number of hydrogen-bond acceptors (Lipinski definition) is 5. The summed E-state index contributed by atoms with van der Waals surface area (Å²) in [5.41, 5.74) is 2.60. The van der Waals surface area contributed by atoms with Crippen LogP contribution in [-0.4, -0.2) is 98.3 Å². The van der Waals surface area contributed by atoms with Crippen molar-refractivity contribution < 1.29 is 9.53 Å². The molecule has 3 fully saturated rings. The molecule has 3 heterocycles. The summed E-state index contributed by atoms with van der Waals surface area (Å²) < 4.78 is 5.85. The number of rotatable bonds is 5. The van der Waals surface area contributed by atoms with Gasteiger partial charge in [0.25, 0.3) is 0 Å². The van der Waals surface area contributed by atoms with Crippen LogP contribution in [0.4, 0.5) is 5.69 Å². The van der Waals surface area contributed by atoms with Crippen LogP contribution >= 0.6 is 0 Å². The number of anilines is 1. The van der Waals surface area contributed by atoms with Crippen LogP contribution in [0, 0.1) is 6.92 Å². The zero-order valence-electron chi connectivity index (χ0n) is 18.1. The summed E-state index contributed by atoms with van der Waals surface area (Å²) in [6.07, 6.45) is 2.38. The molecule has 6 heteroatoms. The predicted octanol–water partition coefficient (Wildman–Crippen LogP) is 1.83. The quantitative estimate of drug-likeness (QED) is 0.754. The van der Waals surface area contributed by atoms with Gasteiger partial charge in [-0.1, -0.05) is 25.5 Å². The van der Waals surface area contributed by atoms with Crippen LogP contribution in [0.2, 0.25) is 0 Å². The first kappa shape index (κ1) is 20.6. The summed E-state index contributed by atoms with van der Waals surface area (Å²) in [7, 11) is 0. The molecule has 29 heavy (non-hydrogen) atoms. The van der Waals surface area contributed by atoms with Crippen molar-refractivity contribution in [2.75, 3.05) is 70.5 Å². The van der Waals surface area contributed by atoms with Gasteiger partial charge in [-0.2, -0.15) is 0 Å². The zero-order chi connectivity index (χ0) is 20.2. The lowest BCUT2D eigenvalue weighted by atomic mass is 10.0. The van der Waals surface area contributed by atoms with Gasteiger partial charge in [0.2, 0.25) is 5.91 Å². The zero-order valence-corrected chi connectivity index (χ0v) is 18.1. The van der Waals surface area contributed by atoms with Gasteiger partial charge in [0.05, 0.1) is 25.8 Å². The van der Waals surface area contributed by atoms with Gasteiger partial charge < -0.3 is 14.5 Å². The summed E-state index contributed by atoms with van der Waals surface area (Å²) in [4.78, 5) is 22.4. The molecule has 0 aromatic heterocycles. The van der Waals surface area contributed by atoms with Crippen LogP contribution in [-0.2, 0) is 9.53 Å². The molecule has 0 bridgehead atoms. The standard InChI is InChI=1S/C23H36N4O2/c1-3-5-21-17-29-18-22-15-26(12-13-27(21)22)23(28)16-24-8-10-25(11-9-24)20-7-4-6-19(2)14-20/h4,6-7,14,21-22H,3,5,8-13,15-18H2,1-2H3/t21-,22+/m0/s1. The molecular formula is C23H36N4O2. The van der Waals surface area contributed by atoms with Crippen LogP contribution in [0.25, 0.3) is 0 Å². The van der Waals surface area contributed by atoms with Crippen molar-refractivity contribution >= 4 is 11.6 Å². The predicted molar refractivity (Wildman–Crippen MR) is 116 cm³/mol. The Labute approximate surface area is 175 Å². The van der Waals surface area contributed by atoms with Gasteiger partial charge in [0.15, 0.2) is 0 Å². The first-order chi connectivity index (χ1) is 14.1. The van der Waals surface area contributed by atoms with Crippen molar-refractivity contribution in [2.45, 2.75) is 38.8 Å². The first-order valence-corrected chi connectivity index (χ1v) is 11.3. The summed E-state index contributed by atoms with van der Waals surface area (Å²) in [5.74, 6) is 0.284. The molecule has 3 saturated heterocycles. The van der Waals surface area contributed by atoms with Gasteiger partial charge in [0, 0.05) is 57.5 Å². The molecule has 3 aliphatic heterocycles. The number of hydrogen-bond donors (Lipinski definition) is 0. The molecule has 1 amide bonds. The maximum Gasteiger partial charge on any atom is 0.236 e. The number of carbonyl (C=O) groups is 1. The molecule has 160 valence electrons. The van der Waals surface area contributed by atoms with Gasteiger partial charge in [0.1, 0.15) is 0 Å². The van der Waals surface area contributed by atoms with Crippen LogP contribution in [0.15, 0.2) is 24.3 Å². The fourth-order valence-electron chi connectivity index (χ4n) is 5.02. The third kappa shape index (κ3) is 4.93. The van der Waals surface area contributed by atoms with Gasteiger partial charge in [-0.3, -0.25) is 14.6 Å². The third-order valence-electron chi connectivity index (χ3n) is 6.69. The number of aryl methyl sites for hydroxylation is 1. The molecule has 1 aromatic rings. The third-order valence-corrected chi connectivity index (χ3v) is 6.69. The Morgan fingerprint density at radius 2 is 1.93 bits per heavy atom. The van der Waals surface area contributed by atoms with E-state index in [0.29, 0.717) is 18.6 Å². The molecule has 0 radical (unpaired) electrons. The number of amides is 1. The average molecular weight is 401 g/mol. The molecule has 0 aliphatic carbocycles. The Morgan fingerprint density at radius 3 is 2.69 bits per heavy atom. The van der Waals surface area contributed by atoms with Gasteiger partial charge >= 0.3 is 0 Å². The summed E-state index contributed by atoms with van der Waals surface area (Å²) in [5, 5.41) is 0. The number of piperazine rings is 2. The number of carbonyl (C=O) groups excluding carboxylic acids is 1. The maximum absolute atomic E-state index is 13.0. The topological polar surface area (TPSA) is 39.3 Å². The van der Waals surface area contributed by atoms with Crippen molar-refractivity contribution in [3.8, 4) is 0 Å². The Hall–Kier alpha value is -1.63. The van der Waals surface area contributed by atoms with Crippen molar-refractivity contribution in [1.82, 2.24) is 14.7 Å². The SMILES string of the molecule is CCC[C@H]1COC[C@H]2CN(C(=O)CN3CCN(c4cccc(C)c4)CC3)CCN12. The van der Waals surface area contributed by atoms with Crippen LogP contribution < -0.4 is 4.90 Å². The monoisotopic (exact) mass is 400 g/mol. The Morgan fingerprint density at radius 1 is 1.10 bits per heavy atom. The molecule has 0 N–H and O–H groups in total. The van der Waals surface area contributed by atoms with Crippen LogP contribution in [0.5, 0.6) is 0 Å². The van der Waals surface area contributed by atoms with Gasteiger partial charge in [-0.05, 0) is 31.0 Å².